The third kappa shape index (κ3) is 0.559. The van der Waals surface area contributed by atoms with Gasteiger partial charge in [0.1, 0.15) is 0 Å². The molecule has 0 aromatic heterocycles. The van der Waals surface area contributed by atoms with Crippen LogP contribution in [0.25, 0.3) is 0 Å². The van der Waals surface area contributed by atoms with Crippen molar-refractivity contribution in [2.45, 2.75) is 40.0 Å². The largest absolute Gasteiger partial charge is 0.0730 e. The van der Waals surface area contributed by atoms with Crippen molar-refractivity contribution >= 4 is 0 Å². The van der Waals surface area contributed by atoms with Gasteiger partial charge in [0.15, 0.2) is 0 Å². The minimum absolute atomic E-state index is 0.458. The standard InChI is InChI=1S/C14H18/c1-12(2)6-14-7-13(3,8-14)10-4-9(12)5-11(10)14/h4-5,10H,6-8H2,1-3H3. The van der Waals surface area contributed by atoms with Gasteiger partial charge < -0.3 is 0 Å². The molecule has 0 N–H and O–H groups in total. The van der Waals surface area contributed by atoms with Gasteiger partial charge in [0.25, 0.3) is 0 Å². The van der Waals surface area contributed by atoms with Crippen molar-refractivity contribution in [3.63, 3.8) is 0 Å². The minimum Gasteiger partial charge on any atom is -0.0730 e. The second-order valence-corrected chi connectivity index (χ2v) is 7.05. The zero-order chi connectivity index (χ0) is 9.77. The molecule has 1 unspecified atom stereocenters. The number of hydrogen-bond acceptors (Lipinski definition) is 0. The fraction of sp³-hybridized carbons (Fsp3) is 0.714. The molecule has 5 aliphatic rings. The molecule has 1 spiro atoms. The van der Waals surface area contributed by atoms with E-state index in [-0.39, 0.29) is 0 Å². The summed E-state index contributed by atoms with van der Waals surface area (Å²) in [5.74, 6) is 0.833. The Balaban J connectivity index is 1.99. The Labute approximate surface area is 86.1 Å². The molecule has 0 heteroatoms. The lowest BCUT2D eigenvalue weighted by Gasteiger charge is -2.52. The quantitative estimate of drug-likeness (QED) is 0.541. The Morgan fingerprint density at radius 2 is 1.86 bits per heavy atom. The zero-order valence-corrected chi connectivity index (χ0v) is 9.35. The smallest absolute Gasteiger partial charge is 0.00461 e. The first kappa shape index (κ1) is 7.73. The molecular formula is C14H18. The molecule has 5 rings (SSSR count). The molecule has 14 heavy (non-hydrogen) atoms. The van der Waals surface area contributed by atoms with Crippen molar-refractivity contribution in [1.29, 1.82) is 0 Å². The topological polar surface area (TPSA) is 0 Å². The van der Waals surface area contributed by atoms with Gasteiger partial charge in [0.05, 0.1) is 0 Å². The highest BCUT2D eigenvalue weighted by molar-refractivity contribution is 5.54. The van der Waals surface area contributed by atoms with E-state index in [4.69, 9.17) is 0 Å². The number of hydrogen-bond donors (Lipinski definition) is 0. The van der Waals surface area contributed by atoms with Gasteiger partial charge >= 0.3 is 0 Å². The lowest BCUT2D eigenvalue weighted by Crippen LogP contribution is -2.42. The summed E-state index contributed by atoms with van der Waals surface area (Å²) < 4.78 is 0. The average molecular weight is 186 g/mol. The van der Waals surface area contributed by atoms with E-state index < -0.39 is 0 Å². The molecule has 1 atom stereocenters. The normalized spacial score (nSPS) is 55.2. The summed E-state index contributed by atoms with van der Waals surface area (Å²) in [5.41, 5.74) is 5.22. The first-order chi connectivity index (χ1) is 6.45. The third-order valence-corrected chi connectivity index (χ3v) is 5.40. The van der Waals surface area contributed by atoms with E-state index in [2.05, 4.69) is 32.9 Å². The van der Waals surface area contributed by atoms with Crippen molar-refractivity contribution in [2.75, 3.05) is 0 Å². The van der Waals surface area contributed by atoms with Crippen LogP contribution < -0.4 is 0 Å². The summed E-state index contributed by atoms with van der Waals surface area (Å²) in [6, 6.07) is 0. The predicted molar refractivity (Wildman–Crippen MR) is 57.8 cm³/mol. The van der Waals surface area contributed by atoms with E-state index in [0.29, 0.717) is 16.2 Å². The van der Waals surface area contributed by atoms with Crippen LogP contribution in [0.4, 0.5) is 0 Å². The number of allylic oxidation sites excluding steroid dienone is 4. The second-order valence-electron chi connectivity index (χ2n) is 7.05. The van der Waals surface area contributed by atoms with E-state index >= 15 is 0 Å². The van der Waals surface area contributed by atoms with Crippen LogP contribution >= 0.6 is 0 Å². The highest BCUT2D eigenvalue weighted by atomic mass is 14.7. The summed E-state index contributed by atoms with van der Waals surface area (Å²) >= 11 is 0. The zero-order valence-electron chi connectivity index (χ0n) is 9.35. The molecule has 4 bridgehead atoms. The fourth-order valence-electron chi connectivity index (χ4n) is 5.15. The van der Waals surface area contributed by atoms with E-state index in [1.807, 2.05) is 5.57 Å². The highest BCUT2D eigenvalue weighted by Crippen LogP contribution is 2.79. The van der Waals surface area contributed by atoms with Gasteiger partial charge in [-0.05, 0) is 41.1 Å². The maximum atomic E-state index is 2.59. The van der Waals surface area contributed by atoms with E-state index in [0.717, 1.165) is 5.92 Å². The van der Waals surface area contributed by atoms with Crippen molar-refractivity contribution in [1.82, 2.24) is 0 Å². The van der Waals surface area contributed by atoms with Crippen molar-refractivity contribution in [2.24, 2.45) is 22.2 Å². The molecular weight excluding hydrogens is 168 g/mol. The Kier molecular flexibility index (Phi) is 0.916. The molecule has 0 aromatic carbocycles. The van der Waals surface area contributed by atoms with Crippen LogP contribution in [0.1, 0.15) is 40.0 Å². The summed E-state index contributed by atoms with van der Waals surface area (Å²) in [6.07, 6.45) is 9.51. The maximum absolute atomic E-state index is 2.59. The molecule has 0 aliphatic heterocycles. The molecule has 0 heterocycles. The molecule has 5 aliphatic carbocycles. The summed E-state index contributed by atoms with van der Waals surface area (Å²) in [5, 5.41) is 0. The van der Waals surface area contributed by atoms with Gasteiger partial charge in [-0.1, -0.05) is 38.5 Å². The summed E-state index contributed by atoms with van der Waals surface area (Å²) in [4.78, 5) is 0. The van der Waals surface area contributed by atoms with Crippen LogP contribution in [0.3, 0.4) is 0 Å². The van der Waals surface area contributed by atoms with Gasteiger partial charge in [-0.2, -0.15) is 0 Å². The molecule has 3 saturated carbocycles. The SMILES string of the molecule is CC1(C)CC23CC(C)(C2)C2C=C1C=C23. The molecule has 0 aromatic rings. The van der Waals surface area contributed by atoms with Crippen LogP contribution in [0.2, 0.25) is 0 Å². The van der Waals surface area contributed by atoms with Crippen molar-refractivity contribution in [3.05, 3.63) is 23.3 Å². The Hall–Kier alpha value is -0.520. The third-order valence-electron chi connectivity index (χ3n) is 5.40. The summed E-state index contributed by atoms with van der Waals surface area (Å²) in [7, 11) is 0. The van der Waals surface area contributed by atoms with E-state index in [1.54, 1.807) is 5.57 Å². The Morgan fingerprint density at radius 1 is 1.14 bits per heavy atom. The van der Waals surface area contributed by atoms with Gasteiger partial charge in [-0.15, -0.1) is 0 Å². The van der Waals surface area contributed by atoms with Crippen LogP contribution in [0.5, 0.6) is 0 Å². The number of rotatable bonds is 0. The van der Waals surface area contributed by atoms with E-state index in [9.17, 15) is 0 Å². The van der Waals surface area contributed by atoms with Gasteiger partial charge in [-0.3, -0.25) is 0 Å². The summed E-state index contributed by atoms with van der Waals surface area (Å²) in [6.45, 7) is 7.35. The lowest BCUT2D eigenvalue weighted by molar-refractivity contribution is 0.0229. The number of fused-ring (bicyclic) bond motifs is 1. The van der Waals surface area contributed by atoms with E-state index in [1.165, 1.54) is 19.3 Å². The molecule has 0 nitrogen and oxygen atoms in total. The van der Waals surface area contributed by atoms with Gasteiger partial charge in [-0.25, -0.2) is 0 Å². The Bertz CT molecular complexity index is 400. The van der Waals surface area contributed by atoms with Crippen molar-refractivity contribution < 1.29 is 0 Å². The molecule has 74 valence electrons. The minimum atomic E-state index is 0.458. The Morgan fingerprint density at radius 3 is 2.57 bits per heavy atom. The first-order valence-electron chi connectivity index (χ1n) is 5.90. The monoisotopic (exact) mass is 186 g/mol. The molecule has 3 fully saturated rings. The fourth-order valence-corrected chi connectivity index (χ4v) is 5.15. The lowest BCUT2D eigenvalue weighted by atomic mass is 9.52. The van der Waals surface area contributed by atoms with Crippen LogP contribution in [0, 0.1) is 22.2 Å². The first-order valence-corrected chi connectivity index (χ1v) is 5.90. The van der Waals surface area contributed by atoms with Crippen molar-refractivity contribution in [3.8, 4) is 0 Å². The predicted octanol–water partition coefficient (Wildman–Crippen LogP) is 3.70. The molecule has 0 radical (unpaired) electrons. The molecule has 0 amide bonds. The average Bonchev–Trinajstić information content (AvgIpc) is 2.52. The maximum Gasteiger partial charge on any atom is 0.00461 e. The van der Waals surface area contributed by atoms with Gasteiger partial charge in [0.2, 0.25) is 0 Å². The van der Waals surface area contributed by atoms with Crippen LogP contribution in [-0.4, -0.2) is 0 Å². The van der Waals surface area contributed by atoms with Crippen LogP contribution in [0.15, 0.2) is 23.3 Å². The van der Waals surface area contributed by atoms with Crippen LogP contribution in [-0.2, 0) is 0 Å². The second kappa shape index (κ2) is 1.66. The van der Waals surface area contributed by atoms with Gasteiger partial charge in [0, 0.05) is 5.92 Å². The molecule has 0 saturated heterocycles. The highest BCUT2D eigenvalue weighted by Gasteiger charge is 2.69.